The van der Waals surface area contributed by atoms with E-state index in [0.29, 0.717) is 5.13 Å². The van der Waals surface area contributed by atoms with Crippen molar-refractivity contribution in [2.75, 3.05) is 23.3 Å². The van der Waals surface area contributed by atoms with Gasteiger partial charge in [0.15, 0.2) is 5.13 Å². The van der Waals surface area contributed by atoms with Crippen LogP contribution in [0.1, 0.15) is 39.3 Å². The number of nitrogens with zero attached hydrogens (tertiary/aromatic N) is 4. The summed E-state index contributed by atoms with van der Waals surface area (Å²) in [5.74, 6) is 0.830. The smallest absolute Gasteiger partial charge is 0.229 e. The van der Waals surface area contributed by atoms with Gasteiger partial charge < -0.3 is 10.2 Å². The van der Waals surface area contributed by atoms with E-state index in [-0.39, 0.29) is 17.2 Å². The third-order valence-electron chi connectivity index (χ3n) is 4.20. The normalized spacial score (nSPS) is 16.2. The predicted octanol–water partition coefficient (Wildman–Crippen LogP) is 3.09. The quantitative estimate of drug-likeness (QED) is 0.925. The Morgan fingerprint density at radius 2 is 1.92 bits per heavy atom. The number of hydrogen-bond acceptors (Lipinski definition) is 6. The monoisotopic (exact) mass is 345 g/mol. The molecule has 2 aromatic rings. The molecule has 0 bridgehead atoms. The third kappa shape index (κ3) is 3.90. The Labute approximate surface area is 146 Å². The van der Waals surface area contributed by atoms with Gasteiger partial charge in [-0.1, -0.05) is 20.8 Å². The fourth-order valence-electron chi connectivity index (χ4n) is 2.68. The Bertz CT molecular complexity index is 687. The minimum atomic E-state index is 0.000497. The first-order valence-corrected chi connectivity index (χ1v) is 9.10. The largest absolute Gasteiger partial charge is 0.341 e. The maximum Gasteiger partial charge on any atom is 0.229 e. The minimum Gasteiger partial charge on any atom is -0.341 e. The van der Waals surface area contributed by atoms with Crippen molar-refractivity contribution in [3.63, 3.8) is 0 Å². The number of piperidine rings is 1. The predicted molar refractivity (Wildman–Crippen MR) is 96.4 cm³/mol. The molecule has 0 saturated carbocycles. The first-order valence-electron chi connectivity index (χ1n) is 8.22. The van der Waals surface area contributed by atoms with Crippen LogP contribution in [0.15, 0.2) is 23.8 Å². The summed E-state index contributed by atoms with van der Waals surface area (Å²) in [7, 11) is 0. The van der Waals surface area contributed by atoms with Crippen molar-refractivity contribution < 1.29 is 4.79 Å². The van der Waals surface area contributed by atoms with E-state index in [2.05, 4.69) is 45.9 Å². The van der Waals surface area contributed by atoms with Gasteiger partial charge >= 0.3 is 0 Å². The molecule has 0 aliphatic carbocycles. The van der Waals surface area contributed by atoms with Gasteiger partial charge in [-0.25, -0.2) is 15.0 Å². The highest BCUT2D eigenvalue weighted by Gasteiger charge is 2.27. The number of nitrogens with one attached hydrogen (secondary N) is 1. The molecular weight excluding hydrogens is 322 g/mol. The van der Waals surface area contributed by atoms with E-state index in [0.717, 1.165) is 37.6 Å². The Kier molecular flexibility index (Phi) is 4.80. The molecule has 0 aromatic carbocycles. The first-order chi connectivity index (χ1) is 11.4. The molecule has 1 saturated heterocycles. The summed E-state index contributed by atoms with van der Waals surface area (Å²) < 4.78 is 0. The van der Waals surface area contributed by atoms with Crippen LogP contribution in [0.3, 0.4) is 0 Å². The summed E-state index contributed by atoms with van der Waals surface area (Å²) in [6.45, 7) is 7.96. The van der Waals surface area contributed by atoms with Crippen molar-refractivity contribution in [2.45, 2.75) is 39.0 Å². The molecule has 3 heterocycles. The Hall–Kier alpha value is -2.02. The molecule has 1 aliphatic rings. The fraction of sp³-hybridized carbons (Fsp3) is 0.529. The Morgan fingerprint density at radius 3 is 2.50 bits per heavy atom. The van der Waals surface area contributed by atoms with Crippen molar-refractivity contribution in [3.8, 4) is 0 Å². The number of carbonyl (C=O) groups excluding carboxylic acids is 1. The van der Waals surface area contributed by atoms with Gasteiger partial charge in [0.1, 0.15) is 0 Å². The summed E-state index contributed by atoms with van der Waals surface area (Å²) in [5.41, 5.74) is 1.01. The van der Waals surface area contributed by atoms with E-state index < -0.39 is 0 Å². The second kappa shape index (κ2) is 6.84. The molecule has 0 atom stereocenters. The lowest BCUT2D eigenvalue weighted by atomic mass is 9.93. The van der Waals surface area contributed by atoms with E-state index in [9.17, 15) is 4.79 Å². The van der Waals surface area contributed by atoms with E-state index in [1.807, 2.05) is 11.4 Å². The zero-order valence-corrected chi connectivity index (χ0v) is 15.1. The lowest BCUT2D eigenvalue weighted by Gasteiger charge is -2.30. The van der Waals surface area contributed by atoms with Crippen molar-refractivity contribution >= 4 is 28.3 Å². The van der Waals surface area contributed by atoms with Crippen molar-refractivity contribution in [1.82, 2.24) is 15.0 Å². The van der Waals surface area contributed by atoms with E-state index >= 15 is 0 Å². The van der Waals surface area contributed by atoms with E-state index in [4.69, 9.17) is 0 Å². The third-order valence-corrected chi connectivity index (χ3v) is 4.96. The van der Waals surface area contributed by atoms with Gasteiger partial charge in [-0.3, -0.25) is 4.79 Å². The van der Waals surface area contributed by atoms with Crippen LogP contribution in [-0.2, 0) is 10.2 Å². The number of rotatable bonds is 3. The van der Waals surface area contributed by atoms with Crippen molar-refractivity contribution in [2.24, 2.45) is 5.92 Å². The number of thiazole rings is 1. The SMILES string of the molecule is CC(C)(C)c1csc(NC(=O)C2CCN(c3ncccn3)CC2)n1. The van der Waals surface area contributed by atoms with Crippen LogP contribution in [0, 0.1) is 5.92 Å². The second-order valence-corrected chi connectivity index (χ2v) is 7.95. The van der Waals surface area contributed by atoms with Crippen molar-refractivity contribution in [1.29, 1.82) is 0 Å². The highest BCUT2D eigenvalue weighted by atomic mass is 32.1. The number of aromatic nitrogens is 3. The number of anilines is 2. The van der Waals surface area contributed by atoms with Crippen LogP contribution in [0.2, 0.25) is 0 Å². The zero-order valence-electron chi connectivity index (χ0n) is 14.3. The average molecular weight is 345 g/mol. The zero-order chi connectivity index (χ0) is 17.2. The molecular formula is C17H23N5OS. The molecule has 128 valence electrons. The van der Waals surface area contributed by atoms with Crippen LogP contribution in [-0.4, -0.2) is 33.9 Å². The van der Waals surface area contributed by atoms with E-state index in [1.165, 1.54) is 11.3 Å². The summed E-state index contributed by atoms with van der Waals surface area (Å²) in [6, 6.07) is 1.81. The van der Waals surface area contributed by atoms with Crippen LogP contribution >= 0.6 is 11.3 Å². The topological polar surface area (TPSA) is 71.0 Å². The molecule has 24 heavy (non-hydrogen) atoms. The molecule has 1 aliphatic heterocycles. The Balaban J connectivity index is 1.55. The molecule has 0 radical (unpaired) electrons. The lowest BCUT2D eigenvalue weighted by Crippen LogP contribution is -2.39. The van der Waals surface area contributed by atoms with Gasteiger partial charge in [-0.15, -0.1) is 11.3 Å². The van der Waals surface area contributed by atoms with Gasteiger partial charge in [-0.2, -0.15) is 0 Å². The fourth-order valence-corrected chi connectivity index (χ4v) is 3.62. The second-order valence-electron chi connectivity index (χ2n) is 7.09. The van der Waals surface area contributed by atoms with Crippen LogP contribution in [0.5, 0.6) is 0 Å². The highest BCUT2D eigenvalue weighted by Crippen LogP contribution is 2.27. The van der Waals surface area contributed by atoms with Crippen LogP contribution in [0.25, 0.3) is 0 Å². The van der Waals surface area contributed by atoms with Gasteiger partial charge in [0.05, 0.1) is 5.69 Å². The van der Waals surface area contributed by atoms with Crippen molar-refractivity contribution in [3.05, 3.63) is 29.5 Å². The summed E-state index contributed by atoms with van der Waals surface area (Å²) in [5, 5.41) is 5.69. The number of carbonyl (C=O) groups is 1. The Morgan fingerprint density at radius 1 is 1.25 bits per heavy atom. The molecule has 1 fully saturated rings. The molecule has 6 nitrogen and oxygen atoms in total. The van der Waals surface area contributed by atoms with Gasteiger partial charge in [0.25, 0.3) is 0 Å². The molecule has 3 rings (SSSR count). The van der Waals surface area contributed by atoms with Gasteiger partial charge in [0, 0.05) is 42.2 Å². The summed E-state index contributed by atoms with van der Waals surface area (Å²) in [6.07, 6.45) is 5.11. The average Bonchev–Trinajstić information content (AvgIpc) is 3.05. The molecule has 7 heteroatoms. The maximum atomic E-state index is 12.5. The molecule has 1 amide bonds. The lowest BCUT2D eigenvalue weighted by molar-refractivity contribution is -0.120. The summed E-state index contributed by atoms with van der Waals surface area (Å²) >= 11 is 1.49. The maximum absolute atomic E-state index is 12.5. The molecule has 2 aromatic heterocycles. The number of amides is 1. The molecule has 0 spiro atoms. The highest BCUT2D eigenvalue weighted by molar-refractivity contribution is 7.13. The van der Waals surface area contributed by atoms with Gasteiger partial charge in [0.2, 0.25) is 11.9 Å². The standard InChI is InChI=1S/C17H23N5OS/c1-17(2,3)13-11-24-16(20-13)21-14(23)12-5-9-22(10-6-12)15-18-7-4-8-19-15/h4,7-8,11-12H,5-6,9-10H2,1-3H3,(H,20,21,23). The van der Waals surface area contributed by atoms with E-state index in [1.54, 1.807) is 12.4 Å². The molecule has 1 N–H and O–H groups in total. The first kappa shape index (κ1) is 16.8. The van der Waals surface area contributed by atoms with Gasteiger partial charge in [-0.05, 0) is 18.9 Å². The van der Waals surface area contributed by atoms with Crippen LogP contribution < -0.4 is 10.2 Å². The molecule has 0 unspecified atom stereocenters. The minimum absolute atomic E-state index is 0.000497. The van der Waals surface area contributed by atoms with Crippen LogP contribution in [0.4, 0.5) is 11.1 Å². The summed E-state index contributed by atoms with van der Waals surface area (Å²) in [4.78, 5) is 27.7. The number of hydrogen-bond donors (Lipinski definition) is 1.